The molecule has 6 nitrogen and oxygen atoms in total. The maximum Gasteiger partial charge on any atom is 0.258 e. The molecule has 1 aromatic carbocycles. The summed E-state index contributed by atoms with van der Waals surface area (Å²) in [4.78, 5) is 35.2. The smallest absolute Gasteiger partial charge is 0.258 e. The van der Waals surface area contributed by atoms with Crippen LogP contribution in [0.15, 0.2) is 30.3 Å². The summed E-state index contributed by atoms with van der Waals surface area (Å²) >= 11 is 3.22. The van der Waals surface area contributed by atoms with Crippen molar-refractivity contribution in [2.45, 2.75) is 34.8 Å². The van der Waals surface area contributed by atoms with E-state index in [1.54, 1.807) is 23.9 Å². The Morgan fingerprint density at radius 3 is 2.88 bits per heavy atom. The van der Waals surface area contributed by atoms with Gasteiger partial charge in [0.2, 0.25) is 5.91 Å². The van der Waals surface area contributed by atoms with E-state index in [0.29, 0.717) is 5.75 Å². The maximum atomic E-state index is 12.0. The van der Waals surface area contributed by atoms with Gasteiger partial charge in [-0.05, 0) is 30.7 Å². The Kier molecular flexibility index (Phi) is 6.25. The van der Waals surface area contributed by atoms with E-state index in [4.69, 9.17) is 4.74 Å². The van der Waals surface area contributed by atoms with Crippen LogP contribution in [-0.4, -0.2) is 52.4 Å². The number of para-hydroxylation sites is 1. The SMILES string of the molecule is O=CC(S[C@H]1NC(=O)[C@H]1NC(=O)COc1ccccc1)[C@H]1CCCS1. The highest BCUT2D eigenvalue weighted by atomic mass is 32.2. The summed E-state index contributed by atoms with van der Waals surface area (Å²) in [6, 6.07) is 8.40. The van der Waals surface area contributed by atoms with Crippen molar-refractivity contribution < 1.29 is 19.1 Å². The summed E-state index contributed by atoms with van der Waals surface area (Å²) < 4.78 is 5.38. The van der Waals surface area contributed by atoms with Gasteiger partial charge < -0.3 is 20.2 Å². The molecule has 0 spiro atoms. The lowest BCUT2D eigenvalue weighted by molar-refractivity contribution is -0.134. The second-order valence-electron chi connectivity index (χ2n) is 5.86. The van der Waals surface area contributed by atoms with Crippen LogP contribution in [0.3, 0.4) is 0 Å². The molecule has 134 valence electrons. The Labute approximate surface area is 154 Å². The van der Waals surface area contributed by atoms with Gasteiger partial charge in [-0.15, -0.1) is 11.8 Å². The summed E-state index contributed by atoms with van der Waals surface area (Å²) in [5, 5.41) is 5.30. The standard InChI is InChI=1S/C17H20N2O4S2/c20-9-13(12-7-4-8-24-12)25-17-15(16(22)19-17)18-14(21)10-23-11-5-2-1-3-6-11/h1-3,5-6,9,12-13,15,17H,4,7-8,10H2,(H,18,21)(H,19,22)/t12-,13?,15-,17-/m1/s1. The Hall–Kier alpha value is -1.67. The van der Waals surface area contributed by atoms with Crippen molar-refractivity contribution in [3.05, 3.63) is 30.3 Å². The van der Waals surface area contributed by atoms with E-state index in [2.05, 4.69) is 10.6 Å². The van der Waals surface area contributed by atoms with Crippen molar-refractivity contribution >= 4 is 41.6 Å². The summed E-state index contributed by atoms with van der Waals surface area (Å²) in [5.74, 6) is 1.09. The number of hydrogen-bond acceptors (Lipinski definition) is 6. The van der Waals surface area contributed by atoms with Gasteiger partial charge in [-0.3, -0.25) is 9.59 Å². The fourth-order valence-electron chi connectivity index (χ4n) is 2.73. The topological polar surface area (TPSA) is 84.5 Å². The minimum absolute atomic E-state index is 0.152. The Balaban J connectivity index is 1.47. The summed E-state index contributed by atoms with van der Waals surface area (Å²) in [6.07, 6.45) is 3.09. The molecule has 2 N–H and O–H groups in total. The third kappa shape index (κ3) is 4.70. The van der Waals surface area contributed by atoms with E-state index >= 15 is 0 Å². The van der Waals surface area contributed by atoms with Crippen molar-refractivity contribution in [2.75, 3.05) is 12.4 Å². The van der Waals surface area contributed by atoms with Gasteiger partial charge in [-0.25, -0.2) is 0 Å². The Morgan fingerprint density at radius 2 is 2.24 bits per heavy atom. The third-order valence-electron chi connectivity index (χ3n) is 4.07. The van der Waals surface area contributed by atoms with Crippen LogP contribution in [0, 0.1) is 0 Å². The highest BCUT2D eigenvalue weighted by Crippen LogP contribution is 2.36. The average Bonchev–Trinajstić information content (AvgIpc) is 3.16. The number of ether oxygens (including phenoxy) is 1. The number of hydrogen-bond donors (Lipinski definition) is 2. The first-order valence-corrected chi connectivity index (χ1v) is 10.2. The number of rotatable bonds is 8. The number of nitrogens with one attached hydrogen (secondary N) is 2. The van der Waals surface area contributed by atoms with Gasteiger partial charge in [0.15, 0.2) is 6.61 Å². The first kappa shape index (κ1) is 18.1. The van der Waals surface area contributed by atoms with E-state index in [0.717, 1.165) is 24.9 Å². The molecule has 0 aliphatic carbocycles. The van der Waals surface area contributed by atoms with Gasteiger partial charge in [0, 0.05) is 5.25 Å². The molecule has 3 rings (SSSR count). The molecule has 4 atom stereocenters. The second kappa shape index (κ2) is 8.62. The molecule has 0 aromatic heterocycles. The number of carbonyl (C=O) groups excluding carboxylic acids is 3. The summed E-state index contributed by atoms with van der Waals surface area (Å²) in [5.41, 5.74) is 0. The molecule has 0 radical (unpaired) electrons. The molecule has 2 fully saturated rings. The van der Waals surface area contributed by atoms with Crippen LogP contribution in [0.25, 0.3) is 0 Å². The summed E-state index contributed by atoms with van der Waals surface area (Å²) in [7, 11) is 0. The first-order chi connectivity index (χ1) is 12.2. The molecule has 2 amide bonds. The highest BCUT2D eigenvalue weighted by Gasteiger charge is 2.43. The number of benzene rings is 1. The van der Waals surface area contributed by atoms with E-state index in [9.17, 15) is 14.4 Å². The van der Waals surface area contributed by atoms with E-state index in [1.807, 2.05) is 18.2 Å². The van der Waals surface area contributed by atoms with Crippen molar-refractivity contribution in [3.8, 4) is 5.75 Å². The molecule has 2 heterocycles. The lowest BCUT2D eigenvalue weighted by atomic mass is 10.1. The van der Waals surface area contributed by atoms with E-state index < -0.39 is 6.04 Å². The molecule has 2 aliphatic rings. The molecule has 8 heteroatoms. The van der Waals surface area contributed by atoms with Crippen LogP contribution in [0.4, 0.5) is 0 Å². The zero-order chi connectivity index (χ0) is 17.6. The molecular formula is C17H20N2O4S2. The molecular weight excluding hydrogens is 360 g/mol. The molecule has 1 unspecified atom stereocenters. The van der Waals surface area contributed by atoms with Crippen LogP contribution in [0.5, 0.6) is 5.75 Å². The third-order valence-corrected chi connectivity index (χ3v) is 7.16. The van der Waals surface area contributed by atoms with E-state index in [-0.39, 0.29) is 34.3 Å². The number of aldehydes is 1. The highest BCUT2D eigenvalue weighted by molar-refractivity contribution is 8.04. The van der Waals surface area contributed by atoms with Crippen LogP contribution in [0.1, 0.15) is 12.8 Å². The second-order valence-corrected chi connectivity index (χ2v) is 8.54. The number of amides is 2. The minimum atomic E-state index is -0.620. The molecule has 0 bridgehead atoms. The van der Waals surface area contributed by atoms with Gasteiger partial charge >= 0.3 is 0 Å². The molecule has 2 aliphatic heterocycles. The van der Waals surface area contributed by atoms with Crippen molar-refractivity contribution in [2.24, 2.45) is 0 Å². The normalized spacial score (nSPS) is 26.2. The predicted molar refractivity (Wildman–Crippen MR) is 98.7 cm³/mol. The van der Waals surface area contributed by atoms with Crippen molar-refractivity contribution in [3.63, 3.8) is 0 Å². The van der Waals surface area contributed by atoms with Gasteiger partial charge in [0.25, 0.3) is 5.91 Å². The van der Waals surface area contributed by atoms with Crippen LogP contribution < -0.4 is 15.4 Å². The fourth-order valence-corrected chi connectivity index (χ4v) is 5.63. The minimum Gasteiger partial charge on any atom is -0.484 e. The summed E-state index contributed by atoms with van der Waals surface area (Å²) in [6.45, 7) is -0.152. The largest absolute Gasteiger partial charge is 0.484 e. The van der Waals surface area contributed by atoms with Crippen LogP contribution in [0.2, 0.25) is 0 Å². The van der Waals surface area contributed by atoms with Crippen molar-refractivity contribution in [1.29, 1.82) is 0 Å². The number of carbonyl (C=O) groups is 3. The molecule has 0 saturated carbocycles. The maximum absolute atomic E-state index is 12.0. The first-order valence-electron chi connectivity index (χ1n) is 8.17. The Morgan fingerprint density at radius 1 is 1.44 bits per heavy atom. The molecule has 2 saturated heterocycles. The van der Waals surface area contributed by atoms with Gasteiger partial charge in [0.05, 0.1) is 5.25 Å². The van der Waals surface area contributed by atoms with Crippen LogP contribution in [-0.2, 0) is 14.4 Å². The predicted octanol–water partition coefficient (Wildman–Crippen LogP) is 1.20. The lowest BCUT2D eigenvalue weighted by Gasteiger charge is -2.38. The monoisotopic (exact) mass is 380 g/mol. The zero-order valence-corrected chi connectivity index (χ0v) is 15.2. The van der Waals surface area contributed by atoms with E-state index in [1.165, 1.54) is 11.8 Å². The van der Waals surface area contributed by atoms with Crippen LogP contribution >= 0.6 is 23.5 Å². The van der Waals surface area contributed by atoms with Gasteiger partial charge in [-0.1, -0.05) is 18.2 Å². The average molecular weight is 380 g/mol. The molecule has 1 aromatic rings. The fraction of sp³-hybridized carbons (Fsp3) is 0.471. The number of β-lactam (4-membered cyclic amide) rings is 1. The zero-order valence-electron chi connectivity index (χ0n) is 13.6. The quantitative estimate of drug-likeness (QED) is 0.521. The number of thioether (sulfide) groups is 2. The lowest BCUT2D eigenvalue weighted by Crippen LogP contribution is -2.68. The van der Waals surface area contributed by atoms with Gasteiger partial charge in [0.1, 0.15) is 23.5 Å². The molecule has 25 heavy (non-hydrogen) atoms. The van der Waals surface area contributed by atoms with Gasteiger partial charge in [-0.2, -0.15) is 11.8 Å². The Bertz CT molecular complexity index is 622. The van der Waals surface area contributed by atoms with Crippen molar-refractivity contribution in [1.82, 2.24) is 10.6 Å².